The van der Waals surface area contributed by atoms with Gasteiger partial charge >= 0.3 is 11.8 Å². The fourth-order valence-electron chi connectivity index (χ4n) is 1.74. The Balaban J connectivity index is 1.68. The average molecular weight is 270 g/mol. The van der Waals surface area contributed by atoms with Crippen LogP contribution in [0.25, 0.3) is 11.0 Å². The summed E-state index contributed by atoms with van der Waals surface area (Å²) < 4.78 is 10.3. The van der Waals surface area contributed by atoms with Crippen molar-refractivity contribution in [2.75, 3.05) is 0 Å². The Hall–Kier alpha value is -3.02. The van der Waals surface area contributed by atoms with Crippen LogP contribution in [0.15, 0.2) is 57.6 Å². The molecule has 0 saturated heterocycles. The molecule has 6 heteroatoms. The summed E-state index contributed by atoms with van der Waals surface area (Å²) in [6, 6.07) is 11.9. The topological polar surface area (TPSA) is 84.5 Å². The van der Waals surface area contributed by atoms with E-state index in [2.05, 4.69) is 10.9 Å². The van der Waals surface area contributed by atoms with E-state index in [-0.39, 0.29) is 11.5 Å². The van der Waals surface area contributed by atoms with E-state index in [0.29, 0.717) is 5.58 Å². The molecule has 3 rings (SSSR count). The Morgan fingerprint density at radius 3 is 2.35 bits per heavy atom. The number of benzene rings is 1. The van der Waals surface area contributed by atoms with Gasteiger partial charge in [0, 0.05) is 5.39 Å². The van der Waals surface area contributed by atoms with Crippen LogP contribution in [0.1, 0.15) is 21.1 Å². The van der Waals surface area contributed by atoms with Crippen molar-refractivity contribution in [3.05, 3.63) is 60.2 Å². The molecule has 20 heavy (non-hydrogen) atoms. The van der Waals surface area contributed by atoms with Gasteiger partial charge in [-0.2, -0.15) is 0 Å². The summed E-state index contributed by atoms with van der Waals surface area (Å²) in [6.07, 6.45) is 1.37. The Labute approximate surface area is 113 Å². The van der Waals surface area contributed by atoms with Crippen LogP contribution in [0.4, 0.5) is 0 Å². The molecule has 6 nitrogen and oxygen atoms in total. The molecule has 2 amide bonds. The molecular weight excluding hydrogens is 260 g/mol. The lowest BCUT2D eigenvalue weighted by Crippen LogP contribution is -2.41. The second-order valence-electron chi connectivity index (χ2n) is 4.03. The quantitative estimate of drug-likeness (QED) is 0.698. The molecule has 3 aromatic rings. The number of carbonyl (C=O) groups is 2. The normalized spacial score (nSPS) is 10.4. The van der Waals surface area contributed by atoms with Crippen LogP contribution in [0, 0.1) is 0 Å². The molecule has 2 N–H and O–H groups in total. The smallest absolute Gasteiger partial charge is 0.305 e. The zero-order valence-electron chi connectivity index (χ0n) is 10.3. The molecule has 1 aromatic carbocycles. The maximum atomic E-state index is 11.8. The predicted octanol–water partition coefficient (Wildman–Crippen LogP) is 2.10. The second-order valence-corrected chi connectivity index (χ2v) is 4.03. The predicted molar refractivity (Wildman–Crippen MR) is 69.9 cm³/mol. The van der Waals surface area contributed by atoms with E-state index >= 15 is 0 Å². The lowest BCUT2D eigenvalue weighted by molar-refractivity contribution is 0.0818. The minimum atomic E-state index is -0.542. The first-order valence-electron chi connectivity index (χ1n) is 5.87. The van der Waals surface area contributed by atoms with E-state index in [4.69, 9.17) is 8.83 Å². The highest BCUT2D eigenvalue weighted by molar-refractivity contribution is 5.98. The molecule has 0 aliphatic carbocycles. The van der Waals surface area contributed by atoms with Crippen molar-refractivity contribution in [3.63, 3.8) is 0 Å². The summed E-state index contributed by atoms with van der Waals surface area (Å²) in [5.41, 5.74) is 5.10. The summed E-state index contributed by atoms with van der Waals surface area (Å²) >= 11 is 0. The molecule has 100 valence electrons. The summed E-state index contributed by atoms with van der Waals surface area (Å²) in [5, 5.41) is 0.815. The van der Waals surface area contributed by atoms with Gasteiger partial charge in [0.1, 0.15) is 5.58 Å². The van der Waals surface area contributed by atoms with Gasteiger partial charge in [-0.1, -0.05) is 18.2 Å². The van der Waals surface area contributed by atoms with Crippen LogP contribution < -0.4 is 10.9 Å². The first-order chi connectivity index (χ1) is 9.74. The first-order valence-corrected chi connectivity index (χ1v) is 5.87. The number of rotatable bonds is 2. The van der Waals surface area contributed by atoms with E-state index in [1.807, 2.05) is 18.2 Å². The summed E-state index contributed by atoms with van der Waals surface area (Å²) in [5.74, 6) is -0.860. The molecule has 0 aliphatic rings. The average Bonchev–Trinajstić information content (AvgIpc) is 3.12. The molecule has 0 bridgehead atoms. The zero-order valence-corrected chi connectivity index (χ0v) is 10.3. The molecule has 0 spiro atoms. The van der Waals surface area contributed by atoms with E-state index in [0.717, 1.165) is 5.39 Å². The first kappa shape index (κ1) is 12.0. The second kappa shape index (κ2) is 4.93. The van der Waals surface area contributed by atoms with Crippen molar-refractivity contribution in [2.24, 2.45) is 0 Å². The number of nitrogens with one attached hydrogen (secondary N) is 2. The highest BCUT2D eigenvalue weighted by Crippen LogP contribution is 2.18. The van der Waals surface area contributed by atoms with Crippen molar-refractivity contribution in [1.29, 1.82) is 0 Å². The molecule has 0 saturated carbocycles. The molecule has 0 unspecified atom stereocenters. The largest absolute Gasteiger partial charge is 0.459 e. The van der Waals surface area contributed by atoms with Gasteiger partial charge in [0.05, 0.1) is 6.26 Å². The van der Waals surface area contributed by atoms with Gasteiger partial charge in [0.2, 0.25) is 0 Å². The molecule has 2 heterocycles. The van der Waals surface area contributed by atoms with Gasteiger partial charge in [0.15, 0.2) is 11.5 Å². The SMILES string of the molecule is O=C(NNC(=O)c1cc2ccccc2o1)c1ccco1. The van der Waals surface area contributed by atoms with Crippen LogP contribution in [-0.2, 0) is 0 Å². The number of hydrogen-bond acceptors (Lipinski definition) is 4. The Morgan fingerprint density at radius 1 is 0.900 bits per heavy atom. The van der Waals surface area contributed by atoms with Gasteiger partial charge in [-0.15, -0.1) is 0 Å². The van der Waals surface area contributed by atoms with Crippen LogP contribution >= 0.6 is 0 Å². The Kier molecular flexibility index (Phi) is 2.96. The number of furan rings is 2. The Morgan fingerprint density at radius 2 is 1.65 bits per heavy atom. The van der Waals surface area contributed by atoms with Gasteiger partial charge in [0.25, 0.3) is 0 Å². The fraction of sp³-hybridized carbons (Fsp3) is 0. The van der Waals surface area contributed by atoms with Crippen molar-refractivity contribution < 1.29 is 18.4 Å². The maximum Gasteiger partial charge on any atom is 0.305 e. The van der Waals surface area contributed by atoms with Gasteiger partial charge in [-0.05, 0) is 24.3 Å². The monoisotopic (exact) mass is 270 g/mol. The Bertz CT molecular complexity index is 725. The zero-order chi connectivity index (χ0) is 13.9. The van der Waals surface area contributed by atoms with E-state index in [1.54, 1.807) is 18.2 Å². The lowest BCUT2D eigenvalue weighted by atomic mass is 10.2. The third-order valence-corrected chi connectivity index (χ3v) is 2.68. The van der Waals surface area contributed by atoms with E-state index in [1.165, 1.54) is 12.3 Å². The molecular formula is C14H10N2O4. The molecule has 0 aliphatic heterocycles. The number of hydrogen-bond donors (Lipinski definition) is 2. The number of carbonyl (C=O) groups excluding carboxylic acids is 2. The van der Waals surface area contributed by atoms with Crippen molar-refractivity contribution in [1.82, 2.24) is 10.9 Å². The van der Waals surface area contributed by atoms with E-state index in [9.17, 15) is 9.59 Å². The fourth-order valence-corrected chi connectivity index (χ4v) is 1.74. The minimum absolute atomic E-state index is 0.106. The lowest BCUT2D eigenvalue weighted by Gasteiger charge is -2.03. The van der Waals surface area contributed by atoms with Crippen molar-refractivity contribution in [2.45, 2.75) is 0 Å². The van der Waals surface area contributed by atoms with Crippen LogP contribution in [-0.4, -0.2) is 11.8 Å². The van der Waals surface area contributed by atoms with Gasteiger partial charge in [-0.3, -0.25) is 20.4 Å². The molecule has 0 radical (unpaired) electrons. The maximum absolute atomic E-state index is 11.8. The molecule has 0 atom stereocenters. The van der Waals surface area contributed by atoms with Crippen LogP contribution in [0.3, 0.4) is 0 Å². The number of amides is 2. The third-order valence-electron chi connectivity index (χ3n) is 2.68. The minimum Gasteiger partial charge on any atom is -0.459 e. The standard InChI is InChI=1S/C14H10N2O4/c17-13(11-6-3-7-19-11)15-16-14(18)12-8-9-4-1-2-5-10(9)20-12/h1-8H,(H,15,17)(H,16,18). The summed E-state index contributed by atoms with van der Waals surface area (Å²) in [4.78, 5) is 23.4. The summed E-state index contributed by atoms with van der Waals surface area (Å²) in [7, 11) is 0. The van der Waals surface area contributed by atoms with E-state index < -0.39 is 11.8 Å². The van der Waals surface area contributed by atoms with Crippen molar-refractivity contribution in [3.8, 4) is 0 Å². The van der Waals surface area contributed by atoms with Crippen molar-refractivity contribution >= 4 is 22.8 Å². The molecule has 0 fully saturated rings. The van der Waals surface area contributed by atoms with Gasteiger partial charge in [-0.25, -0.2) is 0 Å². The third kappa shape index (κ3) is 2.26. The molecule has 2 aromatic heterocycles. The number of para-hydroxylation sites is 1. The number of fused-ring (bicyclic) bond motifs is 1. The van der Waals surface area contributed by atoms with Crippen LogP contribution in [0.5, 0.6) is 0 Å². The van der Waals surface area contributed by atoms with Crippen LogP contribution in [0.2, 0.25) is 0 Å². The summed E-state index contributed by atoms with van der Waals surface area (Å²) in [6.45, 7) is 0. The van der Waals surface area contributed by atoms with Gasteiger partial charge < -0.3 is 8.83 Å². The number of hydrazine groups is 1. The highest BCUT2D eigenvalue weighted by atomic mass is 16.4. The highest BCUT2D eigenvalue weighted by Gasteiger charge is 2.14.